The van der Waals surface area contributed by atoms with Gasteiger partial charge in [0.05, 0.1) is 11.1 Å². The fraction of sp³-hybridized carbons (Fsp3) is 0.176. The Morgan fingerprint density at radius 2 is 1.95 bits per heavy atom. The van der Waals surface area contributed by atoms with Crippen LogP contribution in [0.1, 0.15) is 38.4 Å². The summed E-state index contributed by atoms with van der Waals surface area (Å²) in [7, 11) is 0. The van der Waals surface area contributed by atoms with Gasteiger partial charge in [-0.3, -0.25) is 4.79 Å². The summed E-state index contributed by atoms with van der Waals surface area (Å²) in [4.78, 5) is 26.5. The number of amides is 1. The number of H-pyrrole nitrogens is 1. The predicted octanol–water partition coefficient (Wildman–Crippen LogP) is 3.13. The highest BCUT2D eigenvalue weighted by Crippen LogP contribution is 2.34. The van der Waals surface area contributed by atoms with Crippen LogP contribution in [0.2, 0.25) is 0 Å². The summed E-state index contributed by atoms with van der Waals surface area (Å²) in [5, 5.41) is 12.1. The highest BCUT2D eigenvalue weighted by atomic mass is 16.4. The predicted molar refractivity (Wildman–Crippen MR) is 84.9 cm³/mol. The minimum absolute atomic E-state index is 0.177. The van der Waals surface area contributed by atoms with Crippen LogP contribution in [-0.4, -0.2) is 22.0 Å². The second kappa shape index (κ2) is 4.87. The van der Waals surface area contributed by atoms with E-state index < -0.39 is 5.97 Å². The first-order valence-electron chi connectivity index (χ1n) is 6.95. The molecule has 1 aromatic carbocycles. The molecule has 1 aromatic heterocycles. The minimum atomic E-state index is -0.969. The fourth-order valence-electron chi connectivity index (χ4n) is 2.83. The Morgan fingerprint density at radius 3 is 2.59 bits per heavy atom. The van der Waals surface area contributed by atoms with Crippen LogP contribution in [0.4, 0.5) is 5.69 Å². The SMILES string of the molecule is Cc1ccc2c(c1)/C(=C/c1[nH]c(C)c(C(=O)O)c1C)C(=O)N2. The molecule has 0 fully saturated rings. The normalized spacial score (nSPS) is 15.0. The Morgan fingerprint density at radius 1 is 1.23 bits per heavy atom. The quantitative estimate of drug-likeness (QED) is 0.745. The smallest absolute Gasteiger partial charge is 0.337 e. The summed E-state index contributed by atoms with van der Waals surface area (Å²) < 4.78 is 0. The average Bonchev–Trinajstić information content (AvgIpc) is 2.88. The number of fused-ring (bicyclic) bond motifs is 1. The second-order valence-corrected chi connectivity index (χ2v) is 5.53. The number of hydrogen-bond acceptors (Lipinski definition) is 2. The van der Waals surface area contributed by atoms with Crippen LogP contribution in [-0.2, 0) is 4.79 Å². The Balaban J connectivity index is 2.15. The third-order valence-corrected chi connectivity index (χ3v) is 3.94. The maximum absolute atomic E-state index is 12.2. The molecule has 1 aliphatic rings. The topological polar surface area (TPSA) is 82.2 Å². The molecule has 0 bridgehead atoms. The van der Waals surface area contributed by atoms with Crippen molar-refractivity contribution < 1.29 is 14.7 Å². The van der Waals surface area contributed by atoms with Gasteiger partial charge >= 0.3 is 5.97 Å². The Kier molecular flexibility index (Phi) is 3.13. The van der Waals surface area contributed by atoms with Crippen molar-refractivity contribution in [1.82, 2.24) is 4.98 Å². The lowest BCUT2D eigenvalue weighted by Gasteiger charge is -2.00. The van der Waals surface area contributed by atoms with E-state index in [1.807, 2.05) is 25.1 Å². The summed E-state index contributed by atoms with van der Waals surface area (Å²) in [6.45, 7) is 5.42. The average molecular weight is 296 g/mol. The van der Waals surface area contributed by atoms with Crippen LogP contribution < -0.4 is 5.32 Å². The molecule has 1 aliphatic heterocycles. The molecule has 0 atom stereocenters. The van der Waals surface area contributed by atoms with E-state index in [1.54, 1.807) is 19.9 Å². The number of carbonyl (C=O) groups excluding carboxylic acids is 1. The van der Waals surface area contributed by atoms with Gasteiger partial charge < -0.3 is 15.4 Å². The Labute approximate surface area is 127 Å². The first kappa shape index (κ1) is 14.1. The van der Waals surface area contributed by atoms with Crippen molar-refractivity contribution in [3.63, 3.8) is 0 Å². The monoisotopic (exact) mass is 296 g/mol. The maximum atomic E-state index is 12.2. The molecule has 0 spiro atoms. The van der Waals surface area contributed by atoms with Crippen molar-refractivity contribution in [2.24, 2.45) is 0 Å². The van der Waals surface area contributed by atoms with Gasteiger partial charge in [0.2, 0.25) is 0 Å². The van der Waals surface area contributed by atoms with Crippen LogP contribution in [0.25, 0.3) is 11.6 Å². The van der Waals surface area contributed by atoms with Crippen molar-refractivity contribution in [3.8, 4) is 0 Å². The maximum Gasteiger partial charge on any atom is 0.337 e. The number of carbonyl (C=O) groups is 2. The van der Waals surface area contributed by atoms with E-state index >= 15 is 0 Å². The number of carboxylic acids is 1. The molecular weight excluding hydrogens is 280 g/mol. The second-order valence-electron chi connectivity index (χ2n) is 5.53. The zero-order valence-corrected chi connectivity index (χ0v) is 12.6. The molecule has 22 heavy (non-hydrogen) atoms. The van der Waals surface area contributed by atoms with Crippen molar-refractivity contribution in [2.45, 2.75) is 20.8 Å². The highest BCUT2D eigenvalue weighted by Gasteiger charge is 2.25. The molecule has 3 N–H and O–H groups in total. The van der Waals surface area contributed by atoms with Gasteiger partial charge in [-0.1, -0.05) is 11.6 Å². The number of anilines is 1. The van der Waals surface area contributed by atoms with Gasteiger partial charge in [0.15, 0.2) is 0 Å². The van der Waals surface area contributed by atoms with E-state index in [0.717, 1.165) is 16.8 Å². The number of aromatic nitrogens is 1. The molecule has 0 saturated carbocycles. The summed E-state index contributed by atoms with van der Waals surface area (Å²) in [6, 6.07) is 5.76. The van der Waals surface area contributed by atoms with Crippen LogP contribution in [0.3, 0.4) is 0 Å². The first-order chi connectivity index (χ1) is 10.4. The number of hydrogen-bond donors (Lipinski definition) is 3. The van der Waals surface area contributed by atoms with Crippen molar-refractivity contribution >= 4 is 29.2 Å². The molecule has 1 amide bonds. The molecule has 5 heteroatoms. The Hall–Kier alpha value is -2.82. The zero-order chi connectivity index (χ0) is 16.0. The third kappa shape index (κ3) is 2.11. The van der Waals surface area contributed by atoms with Gasteiger partial charge in [-0.25, -0.2) is 4.79 Å². The van der Waals surface area contributed by atoms with E-state index in [1.165, 1.54) is 0 Å². The third-order valence-electron chi connectivity index (χ3n) is 3.94. The number of nitrogens with one attached hydrogen (secondary N) is 2. The van der Waals surface area contributed by atoms with Crippen molar-refractivity contribution in [2.75, 3.05) is 5.32 Å². The van der Waals surface area contributed by atoms with E-state index in [-0.39, 0.29) is 11.5 Å². The number of aromatic carboxylic acids is 1. The van der Waals surface area contributed by atoms with Crippen LogP contribution in [0, 0.1) is 20.8 Å². The van der Waals surface area contributed by atoms with E-state index in [4.69, 9.17) is 0 Å². The van der Waals surface area contributed by atoms with Gasteiger partial charge in [0, 0.05) is 22.6 Å². The van der Waals surface area contributed by atoms with Gasteiger partial charge in [-0.2, -0.15) is 0 Å². The number of benzene rings is 1. The molecule has 5 nitrogen and oxygen atoms in total. The molecule has 0 unspecified atom stereocenters. The molecule has 0 saturated heterocycles. The van der Waals surface area contributed by atoms with Gasteiger partial charge in [0.25, 0.3) is 5.91 Å². The van der Waals surface area contributed by atoms with E-state index in [2.05, 4.69) is 10.3 Å². The first-order valence-corrected chi connectivity index (χ1v) is 6.95. The number of aromatic amines is 1. The fourth-order valence-corrected chi connectivity index (χ4v) is 2.83. The Bertz CT molecular complexity index is 844. The summed E-state index contributed by atoms with van der Waals surface area (Å²) in [5.41, 5.74) is 5.34. The molecular formula is C17H16N2O3. The van der Waals surface area contributed by atoms with E-state index in [9.17, 15) is 14.7 Å². The molecule has 2 heterocycles. The van der Waals surface area contributed by atoms with Gasteiger partial charge in [-0.15, -0.1) is 0 Å². The number of rotatable bonds is 2. The summed E-state index contributed by atoms with van der Waals surface area (Å²) in [6.07, 6.45) is 1.72. The molecule has 112 valence electrons. The standard InChI is InChI=1S/C17H16N2O3/c1-8-4-5-13-11(6-8)12(16(20)19-13)7-14-9(2)15(17(21)22)10(3)18-14/h4-7,18H,1-3H3,(H,19,20)(H,21,22)/b12-7-. The van der Waals surface area contributed by atoms with Crippen LogP contribution >= 0.6 is 0 Å². The lowest BCUT2D eigenvalue weighted by Crippen LogP contribution is -2.03. The lowest BCUT2D eigenvalue weighted by molar-refractivity contribution is -0.110. The summed E-state index contributed by atoms with van der Waals surface area (Å²) >= 11 is 0. The lowest BCUT2D eigenvalue weighted by atomic mass is 10.0. The van der Waals surface area contributed by atoms with Crippen molar-refractivity contribution in [3.05, 3.63) is 51.8 Å². The van der Waals surface area contributed by atoms with Gasteiger partial charge in [0.1, 0.15) is 0 Å². The molecule has 0 radical (unpaired) electrons. The molecule has 0 aliphatic carbocycles. The largest absolute Gasteiger partial charge is 0.478 e. The molecule has 2 aromatic rings. The number of aryl methyl sites for hydroxylation is 2. The summed E-state index contributed by atoms with van der Waals surface area (Å²) in [5.74, 6) is -1.15. The van der Waals surface area contributed by atoms with Gasteiger partial charge in [-0.05, 0) is 44.5 Å². The van der Waals surface area contributed by atoms with Crippen LogP contribution in [0.15, 0.2) is 18.2 Å². The zero-order valence-electron chi connectivity index (χ0n) is 12.6. The minimum Gasteiger partial charge on any atom is -0.478 e. The number of carboxylic acid groups (broad SMARTS) is 1. The highest BCUT2D eigenvalue weighted by molar-refractivity contribution is 6.35. The van der Waals surface area contributed by atoms with Crippen molar-refractivity contribution in [1.29, 1.82) is 0 Å². The van der Waals surface area contributed by atoms with Crippen LogP contribution in [0.5, 0.6) is 0 Å². The molecule has 3 rings (SSSR count). The van der Waals surface area contributed by atoms with E-state index in [0.29, 0.717) is 22.5 Å².